The molecule has 31 heavy (non-hydrogen) atoms. The Bertz CT molecular complexity index is 934. The van der Waals surface area contributed by atoms with Gasteiger partial charge in [0.05, 0.1) is 19.7 Å². The fourth-order valence-electron chi connectivity index (χ4n) is 3.41. The number of cyclic esters (lactones) is 1. The number of nitrogens with zero attached hydrogens (tertiary/aromatic N) is 2. The molecule has 9 heteroatoms. The molecule has 2 fully saturated rings. The maximum absolute atomic E-state index is 12.3. The summed E-state index contributed by atoms with van der Waals surface area (Å²) in [6, 6.07) is 16.5. The van der Waals surface area contributed by atoms with Crippen LogP contribution >= 0.6 is 0 Å². The quantitative estimate of drug-likeness (QED) is 0.763. The average Bonchev–Trinajstić information content (AvgIpc) is 3.18. The Balaban J connectivity index is 1.27. The summed E-state index contributed by atoms with van der Waals surface area (Å²) in [5.41, 5.74) is 2.30. The monoisotopic (exact) mass is 425 g/mol. The number of ether oxygens (including phenoxy) is 3. The number of alkyl carbamates (subject to hydrolysis) is 1. The Labute approximate surface area is 179 Å². The molecule has 2 aliphatic rings. The van der Waals surface area contributed by atoms with Gasteiger partial charge in [-0.15, -0.1) is 0 Å². The molecule has 2 saturated heterocycles. The first-order valence-electron chi connectivity index (χ1n) is 10.0. The number of carbonyl (C=O) groups excluding carboxylic acids is 3. The number of benzene rings is 2. The molecule has 3 amide bonds. The molecule has 1 N–H and O–H groups in total. The molecule has 162 valence electrons. The SMILES string of the molecule is O=C(NC[C@H]1CN(c2ccc(N3CCOCC3=O)cc2)C(=O)O1)OCc1ccccc1. The van der Waals surface area contributed by atoms with Crippen molar-refractivity contribution < 1.29 is 28.6 Å². The molecule has 2 aromatic carbocycles. The van der Waals surface area contributed by atoms with Gasteiger partial charge in [-0.05, 0) is 29.8 Å². The van der Waals surface area contributed by atoms with E-state index in [-0.39, 0.29) is 25.7 Å². The van der Waals surface area contributed by atoms with Crippen molar-refractivity contribution in [3.05, 3.63) is 60.2 Å². The Morgan fingerprint density at radius 1 is 1.03 bits per heavy atom. The molecule has 0 unspecified atom stereocenters. The maximum Gasteiger partial charge on any atom is 0.414 e. The van der Waals surface area contributed by atoms with Crippen LogP contribution in [0.5, 0.6) is 0 Å². The molecule has 9 nitrogen and oxygen atoms in total. The molecule has 0 spiro atoms. The highest BCUT2D eigenvalue weighted by Crippen LogP contribution is 2.25. The fourth-order valence-corrected chi connectivity index (χ4v) is 3.41. The second kappa shape index (κ2) is 9.48. The molecule has 0 saturated carbocycles. The van der Waals surface area contributed by atoms with Gasteiger partial charge in [0.2, 0.25) is 0 Å². The van der Waals surface area contributed by atoms with Crippen LogP contribution in [0.3, 0.4) is 0 Å². The second-order valence-electron chi connectivity index (χ2n) is 7.17. The topological polar surface area (TPSA) is 97.4 Å². The summed E-state index contributed by atoms with van der Waals surface area (Å²) in [5.74, 6) is -0.0927. The summed E-state index contributed by atoms with van der Waals surface area (Å²) >= 11 is 0. The zero-order chi connectivity index (χ0) is 21.6. The van der Waals surface area contributed by atoms with E-state index in [9.17, 15) is 14.4 Å². The number of hydrogen-bond acceptors (Lipinski definition) is 6. The van der Waals surface area contributed by atoms with Crippen molar-refractivity contribution in [3.63, 3.8) is 0 Å². The van der Waals surface area contributed by atoms with Crippen LogP contribution in [0, 0.1) is 0 Å². The van der Waals surface area contributed by atoms with Gasteiger partial charge in [-0.25, -0.2) is 9.59 Å². The number of hydrogen-bond donors (Lipinski definition) is 1. The zero-order valence-electron chi connectivity index (χ0n) is 16.9. The van der Waals surface area contributed by atoms with E-state index < -0.39 is 18.3 Å². The molecule has 0 aromatic heterocycles. The number of amides is 3. The van der Waals surface area contributed by atoms with Gasteiger partial charge < -0.3 is 24.4 Å². The van der Waals surface area contributed by atoms with Crippen molar-refractivity contribution in [3.8, 4) is 0 Å². The molecule has 4 rings (SSSR count). The Morgan fingerprint density at radius 2 is 1.74 bits per heavy atom. The third-order valence-corrected chi connectivity index (χ3v) is 5.02. The van der Waals surface area contributed by atoms with E-state index in [0.717, 1.165) is 11.3 Å². The van der Waals surface area contributed by atoms with Crippen LogP contribution in [-0.2, 0) is 25.6 Å². The van der Waals surface area contributed by atoms with Crippen molar-refractivity contribution in [2.45, 2.75) is 12.7 Å². The molecular formula is C22H23N3O6. The number of carbonyl (C=O) groups is 3. The summed E-state index contributed by atoms with van der Waals surface area (Å²) < 4.78 is 15.6. The van der Waals surface area contributed by atoms with Crippen LogP contribution < -0.4 is 15.1 Å². The molecule has 0 radical (unpaired) electrons. The van der Waals surface area contributed by atoms with Gasteiger partial charge in [0, 0.05) is 17.9 Å². The Morgan fingerprint density at radius 3 is 2.45 bits per heavy atom. The van der Waals surface area contributed by atoms with Crippen LogP contribution in [0.4, 0.5) is 21.0 Å². The fraction of sp³-hybridized carbons (Fsp3) is 0.318. The van der Waals surface area contributed by atoms with Crippen molar-refractivity contribution in [2.75, 3.05) is 42.6 Å². The molecule has 2 aliphatic heterocycles. The van der Waals surface area contributed by atoms with Crippen LogP contribution in [0.2, 0.25) is 0 Å². The molecular weight excluding hydrogens is 402 g/mol. The summed E-state index contributed by atoms with van der Waals surface area (Å²) in [6.07, 6.45) is -1.55. The molecule has 0 bridgehead atoms. The predicted octanol–water partition coefficient (Wildman–Crippen LogP) is 2.30. The maximum atomic E-state index is 12.3. The lowest BCUT2D eigenvalue weighted by Gasteiger charge is -2.27. The summed E-state index contributed by atoms with van der Waals surface area (Å²) in [4.78, 5) is 39.3. The van der Waals surface area contributed by atoms with E-state index in [2.05, 4.69) is 5.32 Å². The summed E-state index contributed by atoms with van der Waals surface area (Å²) in [6.45, 7) is 1.68. The van der Waals surface area contributed by atoms with Crippen molar-refractivity contribution in [1.29, 1.82) is 0 Å². The van der Waals surface area contributed by atoms with Gasteiger partial charge >= 0.3 is 12.2 Å². The predicted molar refractivity (Wildman–Crippen MR) is 112 cm³/mol. The van der Waals surface area contributed by atoms with E-state index in [0.29, 0.717) is 25.4 Å². The standard InChI is InChI=1S/C22H23N3O6/c26-20-15-29-11-10-24(20)17-6-8-18(9-7-17)25-13-19(31-22(25)28)12-23-21(27)30-14-16-4-2-1-3-5-16/h1-9,19H,10-15H2,(H,23,27)/t19-/m0/s1. The largest absolute Gasteiger partial charge is 0.445 e. The minimum Gasteiger partial charge on any atom is -0.445 e. The van der Waals surface area contributed by atoms with Gasteiger partial charge in [-0.3, -0.25) is 9.69 Å². The van der Waals surface area contributed by atoms with Crippen LogP contribution in [0.25, 0.3) is 0 Å². The number of morpholine rings is 1. The minimum atomic E-state index is -0.571. The van der Waals surface area contributed by atoms with E-state index in [4.69, 9.17) is 14.2 Å². The van der Waals surface area contributed by atoms with Gasteiger partial charge in [0.15, 0.2) is 0 Å². The van der Waals surface area contributed by atoms with E-state index in [1.165, 1.54) is 4.90 Å². The summed E-state index contributed by atoms with van der Waals surface area (Å²) in [7, 11) is 0. The first kappa shape index (κ1) is 20.7. The first-order valence-corrected chi connectivity index (χ1v) is 10.0. The minimum absolute atomic E-state index is 0.0721. The molecule has 0 aliphatic carbocycles. The highest BCUT2D eigenvalue weighted by Gasteiger charge is 2.32. The van der Waals surface area contributed by atoms with Gasteiger partial charge in [-0.1, -0.05) is 30.3 Å². The highest BCUT2D eigenvalue weighted by molar-refractivity contribution is 5.95. The summed E-state index contributed by atoms with van der Waals surface area (Å²) in [5, 5.41) is 2.62. The lowest BCUT2D eigenvalue weighted by atomic mass is 10.2. The van der Waals surface area contributed by atoms with Crippen LogP contribution in [0.1, 0.15) is 5.56 Å². The highest BCUT2D eigenvalue weighted by atomic mass is 16.6. The lowest BCUT2D eigenvalue weighted by molar-refractivity contribution is -0.125. The van der Waals surface area contributed by atoms with Crippen LogP contribution in [-0.4, -0.2) is 57.0 Å². The number of anilines is 2. The molecule has 2 aromatic rings. The average molecular weight is 425 g/mol. The molecule has 2 heterocycles. The van der Waals surface area contributed by atoms with Crippen molar-refractivity contribution >= 4 is 29.5 Å². The normalized spacial score (nSPS) is 18.6. The van der Waals surface area contributed by atoms with Gasteiger partial charge in [-0.2, -0.15) is 0 Å². The zero-order valence-corrected chi connectivity index (χ0v) is 16.9. The third kappa shape index (κ3) is 5.13. The van der Waals surface area contributed by atoms with E-state index in [1.54, 1.807) is 29.2 Å². The van der Waals surface area contributed by atoms with Crippen molar-refractivity contribution in [1.82, 2.24) is 5.32 Å². The van der Waals surface area contributed by atoms with Crippen molar-refractivity contribution in [2.24, 2.45) is 0 Å². The Hall–Kier alpha value is -3.59. The first-order chi connectivity index (χ1) is 15.1. The lowest BCUT2D eigenvalue weighted by Crippen LogP contribution is -2.41. The number of rotatable bonds is 6. The smallest absolute Gasteiger partial charge is 0.414 e. The second-order valence-corrected chi connectivity index (χ2v) is 7.17. The van der Waals surface area contributed by atoms with Crippen LogP contribution in [0.15, 0.2) is 54.6 Å². The van der Waals surface area contributed by atoms with Gasteiger partial charge in [0.25, 0.3) is 5.91 Å². The third-order valence-electron chi connectivity index (χ3n) is 5.02. The van der Waals surface area contributed by atoms with E-state index in [1.807, 2.05) is 30.3 Å². The number of nitrogens with one attached hydrogen (secondary N) is 1. The Kier molecular flexibility index (Phi) is 6.32. The van der Waals surface area contributed by atoms with E-state index >= 15 is 0 Å². The van der Waals surface area contributed by atoms with Gasteiger partial charge in [0.1, 0.15) is 19.3 Å². The molecule has 1 atom stereocenters.